The lowest BCUT2D eigenvalue weighted by molar-refractivity contribution is -0.143. The van der Waals surface area contributed by atoms with Crippen LogP contribution in [0.5, 0.6) is 11.5 Å². The molecule has 0 bridgehead atoms. The van der Waals surface area contributed by atoms with Gasteiger partial charge in [0.15, 0.2) is 27.9 Å². The number of nitrogens with one attached hydrogen (secondary N) is 1. The topological polar surface area (TPSA) is 108 Å². The van der Waals surface area contributed by atoms with Gasteiger partial charge in [0, 0.05) is 12.1 Å². The molecular formula is C19H25NO7S. The maximum absolute atomic E-state index is 11.8. The summed E-state index contributed by atoms with van der Waals surface area (Å²) in [5, 5.41) is 2.55. The number of benzene rings is 1. The van der Waals surface area contributed by atoms with Crippen molar-refractivity contribution in [1.82, 2.24) is 5.32 Å². The maximum atomic E-state index is 11.8. The summed E-state index contributed by atoms with van der Waals surface area (Å²) in [4.78, 5) is 23.5. The molecule has 1 atom stereocenters. The van der Waals surface area contributed by atoms with Gasteiger partial charge < -0.3 is 19.5 Å². The van der Waals surface area contributed by atoms with Gasteiger partial charge in [-0.05, 0) is 44.0 Å². The van der Waals surface area contributed by atoms with Crippen LogP contribution in [0.15, 0.2) is 24.3 Å². The first-order valence-electron chi connectivity index (χ1n) is 8.88. The van der Waals surface area contributed by atoms with Gasteiger partial charge in [0.25, 0.3) is 5.91 Å². The number of methoxy groups -OCH3 is 1. The molecule has 1 aromatic rings. The predicted octanol–water partition coefficient (Wildman–Crippen LogP) is 1.34. The van der Waals surface area contributed by atoms with Gasteiger partial charge in [-0.2, -0.15) is 0 Å². The molecule has 8 nitrogen and oxygen atoms in total. The SMILES string of the molecule is COc1cc(/C=C/C(=O)OCC(=O)N[C@@H]2CCS(=O)(=O)C2)ccc1OC(C)C. The Balaban J connectivity index is 1.83. The van der Waals surface area contributed by atoms with Crippen molar-refractivity contribution in [2.75, 3.05) is 25.2 Å². The van der Waals surface area contributed by atoms with E-state index in [4.69, 9.17) is 14.2 Å². The third-order valence-corrected chi connectivity index (χ3v) is 5.67. The Bertz CT molecular complexity index is 846. The van der Waals surface area contributed by atoms with E-state index in [0.717, 1.165) is 0 Å². The predicted molar refractivity (Wildman–Crippen MR) is 104 cm³/mol. The fourth-order valence-electron chi connectivity index (χ4n) is 2.67. The van der Waals surface area contributed by atoms with Crippen molar-refractivity contribution >= 4 is 27.8 Å². The second kappa shape index (κ2) is 9.59. The van der Waals surface area contributed by atoms with E-state index < -0.39 is 34.4 Å². The minimum absolute atomic E-state index is 0.000701. The Kier molecular flexibility index (Phi) is 7.45. The highest BCUT2D eigenvalue weighted by Gasteiger charge is 2.28. The lowest BCUT2D eigenvalue weighted by atomic mass is 10.2. The van der Waals surface area contributed by atoms with Crippen LogP contribution in [0.25, 0.3) is 6.08 Å². The van der Waals surface area contributed by atoms with Gasteiger partial charge in [-0.3, -0.25) is 4.79 Å². The Morgan fingerprint density at radius 2 is 2.04 bits per heavy atom. The van der Waals surface area contributed by atoms with Crippen molar-refractivity contribution in [1.29, 1.82) is 0 Å². The highest BCUT2D eigenvalue weighted by atomic mass is 32.2. The normalized spacial score (nSPS) is 18.2. The van der Waals surface area contributed by atoms with Crippen LogP contribution in [0.1, 0.15) is 25.8 Å². The molecule has 0 aromatic heterocycles. The zero-order chi connectivity index (χ0) is 20.7. The van der Waals surface area contributed by atoms with Gasteiger partial charge in [-0.25, -0.2) is 13.2 Å². The molecule has 1 amide bonds. The minimum Gasteiger partial charge on any atom is -0.493 e. The van der Waals surface area contributed by atoms with Gasteiger partial charge in [0.2, 0.25) is 0 Å². The molecule has 9 heteroatoms. The highest BCUT2D eigenvalue weighted by molar-refractivity contribution is 7.91. The van der Waals surface area contributed by atoms with Crippen molar-refractivity contribution in [2.24, 2.45) is 0 Å². The number of ether oxygens (including phenoxy) is 3. The quantitative estimate of drug-likeness (QED) is 0.508. The van der Waals surface area contributed by atoms with Crippen molar-refractivity contribution in [2.45, 2.75) is 32.4 Å². The average molecular weight is 411 g/mol. The molecule has 1 aromatic carbocycles. The summed E-state index contributed by atoms with van der Waals surface area (Å²) in [6, 6.07) is 4.80. The lowest BCUT2D eigenvalue weighted by Gasteiger charge is -2.13. The molecule has 0 unspecified atom stereocenters. The van der Waals surface area contributed by atoms with Crippen LogP contribution >= 0.6 is 0 Å². The largest absolute Gasteiger partial charge is 0.493 e. The summed E-state index contributed by atoms with van der Waals surface area (Å²) in [6.07, 6.45) is 3.11. The van der Waals surface area contributed by atoms with Crippen LogP contribution in [0.2, 0.25) is 0 Å². The Labute approximate surface area is 164 Å². The molecule has 154 valence electrons. The van der Waals surface area contributed by atoms with Crippen LogP contribution in [0.3, 0.4) is 0 Å². The van der Waals surface area contributed by atoms with E-state index >= 15 is 0 Å². The average Bonchev–Trinajstić information content (AvgIpc) is 2.96. The Hall–Kier alpha value is -2.55. The van der Waals surface area contributed by atoms with Crippen molar-refractivity contribution in [3.63, 3.8) is 0 Å². The van der Waals surface area contributed by atoms with Crippen LogP contribution in [0.4, 0.5) is 0 Å². The van der Waals surface area contributed by atoms with Gasteiger partial charge in [0.05, 0.1) is 24.7 Å². The molecule has 1 heterocycles. The Morgan fingerprint density at radius 1 is 1.29 bits per heavy atom. The number of carbonyl (C=O) groups is 2. The van der Waals surface area contributed by atoms with Gasteiger partial charge >= 0.3 is 5.97 Å². The van der Waals surface area contributed by atoms with Crippen molar-refractivity contribution in [3.05, 3.63) is 29.8 Å². The molecule has 1 aliphatic heterocycles. The van der Waals surface area contributed by atoms with Crippen molar-refractivity contribution < 1.29 is 32.2 Å². The van der Waals surface area contributed by atoms with E-state index in [9.17, 15) is 18.0 Å². The second-order valence-electron chi connectivity index (χ2n) is 6.69. The fourth-order valence-corrected chi connectivity index (χ4v) is 4.34. The fraction of sp³-hybridized carbons (Fsp3) is 0.474. The highest BCUT2D eigenvalue weighted by Crippen LogP contribution is 2.29. The minimum atomic E-state index is -3.08. The number of amides is 1. The summed E-state index contributed by atoms with van der Waals surface area (Å²) in [7, 11) is -1.55. The smallest absolute Gasteiger partial charge is 0.331 e. The van der Waals surface area contributed by atoms with E-state index in [2.05, 4.69) is 5.32 Å². The zero-order valence-corrected chi connectivity index (χ0v) is 17.0. The molecule has 1 fully saturated rings. The molecule has 0 spiro atoms. The summed E-state index contributed by atoms with van der Waals surface area (Å²) in [6.45, 7) is 3.35. The van der Waals surface area contributed by atoms with E-state index in [1.165, 1.54) is 19.3 Å². The van der Waals surface area contributed by atoms with Gasteiger partial charge in [-0.1, -0.05) is 6.07 Å². The van der Waals surface area contributed by atoms with E-state index in [1.54, 1.807) is 18.2 Å². The number of hydrogen-bond donors (Lipinski definition) is 1. The maximum Gasteiger partial charge on any atom is 0.331 e. The molecular weight excluding hydrogens is 386 g/mol. The van der Waals surface area contributed by atoms with Crippen LogP contribution in [-0.2, 0) is 24.2 Å². The van der Waals surface area contributed by atoms with E-state index in [1.807, 2.05) is 13.8 Å². The molecule has 1 saturated heterocycles. The molecule has 1 N–H and O–H groups in total. The number of carbonyl (C=O) groups excluding carboxylic acids is 2. The van der Waals surface area contributed by atoms with E-state index in [-0.39, 0.29) is 17.6 Å². The first-order chi connectivity index (χ1) is 13.2. The van der Waals surface area contributed by atoms with Crippen molar-refractivity contribution in [3.8, 4) is 11.5 Å². The van der Waals surface area contributed by atoms with E-state index in [0.29, 0.717) is 23.5 Å². The lowest BCUT2D eigenvalue weighted by Crippen LogP contribution is -2.38. The zero-order valence-electron chi connectivity index (χ0n) is 16.1. The van der Waals surface area contributed by atoms with Gasteiger partial charge in [0.1, 0.15) is 0 Å². The molecule has 0 radical (unpaired) electrons. The number of hydrogen-bond acceptors (Lipinski definition) is 7. The first kappa shape index (κ1) is 21.7. The van der Waals surface area contributed by atoms with Gasteiger partial charge in [-0.15, -0.1) is 0 Å². The monoisotopic (exact) mass is 411 g/mol. The molecule has 1 aliphatic rings. The van der Waals surface area contributed by atoms with Crippen LogP contribution < -0.4 is 14.8 Å². The first-order valence-corrected chi connectivity index (χ1v) is 10.7. The summed E-state index contributed by atoms with van der Waals surface area (Å²) >= 11 is 0. The second-order valence-corrected chi connectivity index (χ2v) is 8.91. The summed E-state index contributed by atoms with van der Waals surface area (Å²) in [5.74, 6) is -0.0927. The third kappa shape index (κ3) is 6.88. The molecule has 0 aliphatic carbocycles. The van der Waals surface area contributed by atoms with Crippen LogP contribution in [0, 0.1) is 0 Å². The summed E-state index contributed by atoms with van der Waals surface area (Å²) < 4.78 is 38.5. The number of esters is 1. The number of rotatable bonds is 8. The molecule has 2 rings (SSSR count). The molecule has 28 heavy (non-hydrogen) atoms. The summed E-state index contributed by atoms with van der Waals surface area (Å²) in [5.41, 5.74) is 0.700. The standard InChI is InChI=1S/C19H25NO7S/c1-13(2)27-16-6-4-14(10-17(16)25-3)5-7-19(22)26-11-18(21)20-15-8-9-28(23,24)12-15/h4-7,10,13,15H,8-9,11-12H2,1-3H3,(H,20,21)/b7-5+/t15-/m1/s1. The van der Waals surface area contributed by atoms with Crippen LogP contribution in [-0.4, -0.2) is 57.7 Å². The third-order valence-electron chi connectivity index (χ3n) is 3.91. The number of sulfone groups is 1. The Morgan fingerprint density at radius 3 is 2.64 bits per heavy atom. The molecule has 0 saturated carbocycles.